The molecule has 1 aliphatic rings. The Morgan fingerprint density at radius 2 is 2.07 bits per heavy atom. The Hall–Kier alpha value is -2.91. The van der Waals surface area contributed by atoms with Crippen LogP contribution >= 0.6 is 11.3 Å². The van der Waals surface area contributed by atoms with Crippen LogP contribution in [-0.2, 0) is 16.6 Å². The molecule has 0 bridgehead atoms. The summed E-state index contributed by atoms with van der Waals surface area (Å²) in [7, 11) is -3.92. The van der Waals surface area contributed by atoms with Gasteiger partial charge in [0.05, 0.1) is 21.5 Å². The number of hydrogen-bond acceptors (Lipinski definition) is 6. The number of allylic oxidation sites excluding steroid dienone is 1. The summed E-state index contributed by atoms with van der Waals surface area (Å²) in [6, 6.07) is 9.47. The maximum absolute atomic E-state index is 13.1. The number of nitrogens with one attached hydrogen (secondary N) is 1. The molecule has 27 heavy (non-hydrogen) atoms. The van der Waals surface area contributed by atoms with E-state index in [1.54, 1.807) is 30.3 Å². The molecule has 0 radical (unpaired) electrons. The number of pyridine rings is 1. The molecular weight excluding hydrogens is 386 g/mol. The molecule has 3 heterocycles. The van der Waals surface area contributed by atoms with E-state index in [2.05, 4.69) is 16.3 Å². The van der Waals surface area contributed by atoms with Crippen molar-refractivity contribution in [3.8, 4) is 5.06 Å². The highest BCUT2D eigenvalue weighted by Gasteiger charge is 2.27. The number of sulfonamides is 1. The lowest BCUT2D eigenvalue weighted by Gasteiger charge is -2.18. The number of rotatable bonds is 4. The predicted molar refractivity (Wildman–Crippen MR) is 106 cm³/mol. The van der Waals surface area contributed by atoms with Crippen molar-refractivity contribution in [1.82, 2.24) is 4.57 Å². The second-order valence-corrected chi connectivity index (χ2v) is 8.60. The summed E-state index contributed by atoms with van der Waals surface area (Å²) in [6.45, 7) is 4.03. The Morgan fingerprint density at radius 1 is 1.30 bits per heavy atom. The van der Waals surface area contributed by atoms with Crippen LogP contribution in [0.25, 0.3) is 10.2 Å². The van der Waals surface area contributed by atoms with Gasteiger partial charge in [0.1, 0.15) is 4.90 Å². The van der Waals surface area contributed by atoms with Crippen molar-refractivity contribution < 1.29 is 13.5 Å². The number of benzene rings is 1. The summed E-state index contributed by atoms with van der Waals surface area (Å²) in [5, 5.41) is 12.9. The molecule has 0 atom stereocenters. The topological polar surface area (TPSA) is 101 Å². The molecular formula is C18H15N3O4S2. The number of nitrogens with zero attached hydrogens (tertiary/aromatic N) is 2. The van der Waals surface area contributed by atoms with Crippen LogP contribution < -0.4 is 10.9 Å². The molecule has 1 aromatic carbocycles. The number of aromatic nitrogens is 1. The number of fused-ring (bicyclic) bond motifs is 2. The van der Waals surface area contributed by atoms with E-state index in [9.17, 15) is 18.3 Å². The fourth-order valence-corrected chi connectivity index (χ4v) is 4.96. The van der Waals surface area contributed by atoms with Crippen molar-refractivity contribution in [2.24, 2.45) is 4.40 Å². The number of hydrogen-bond donors (Lipinski definition) is 2. The molecule has 0 spiro atoms. The molecule has 0 amide bonds. The third kappa shape index (κ3) is 2.94. The number of amidine groups is 1. The largest absolute Gasteiger partial charge is 0.499 e. The van der Waals surface area contributed by atoms with Crippen molar-refractivity contribution in [2.75, 3.05) is 5.32 Å². The minimum Gasteiger partial charge on any atom is -0.499 e. The minimum atomic E-state index is -3.92. The lowest BCUT2D eigenvalue weighted by molar-refractivity contribution is 0.491. The molecule has 0 unspecified atom stereocenters. The first-order valence-corrected chi connectivity index (χ1v) is 10.3. The summed E-state index contributed by atoms with van der Waals surface area (Å²) < 4.78 is 31.0. The van der Waals surface area contributed by atoms with Crippen molar-refractivity contribution in [2.45, 2.75) is 17.9 Å². The minimum absolute atomic E-state index is 0.0270. The molecule has 0 fully saturated rings. The van der Waals surface area contributed by atoms with Crippen LogP contribution in [0.3, 0.4) is 0 Å². The first-order chi connectivity index (χ1) is 12.9. The Bertz CT molecular complexity index is 1270. The first kappa shape index (κ1) is 17.5. The average Bonchev–Trinajstić information content (AvgIpc) is 3.00. The van der Waals surface area contributed by atoms with Crippen molar-refractivity contribution in [1.29, 1.82) is 0 Å². The normalized spacial score (nSPS) is 15.0. The van der Waals surface area contributed by atoms with Gasteiger partial charge in [-0.15, -0.1) is 11.0 Å². The molecule has 1 aliphatic heterocycles. The van der Waals surface area contributed by atoms with Gasteiger partial charge in [0, 0.05) is 12.6 Å². The summed E-state index contributed by atoms with van der Waals surface area (Å²) >= 11 is 1.11. The second kappa shape index (κ2) is 6.36. The zero-order valence-corrected chi connectivity index (χ0v) is 15.7. The van der Waals surface area contributed by atoms with Gasteiger partial charge in [-0.3, -0.25) is 4.79 Å². The van der Waals surface area contributed by atoms with E-state index >= 15 is 0 Å². The van der Waals surface area contributed by atoms with Crippen LogP contribution in [0.1, 0.15) is 12.0 Å². The van der Waals surface area contributed by atoms with E-state index < -0.39 is 10.0 Å². The van der Waals surface area contributed by atoms with Gasteiger partial charge in [-0.1, -0.05) is 29.5 Å². The number of anilines is 1. The fraction of sp³-hybridized carbons (Fsp3) is 0.111. The quantitative estimate of drug-likeness (QED) is 0.655. The SMILES string of the molecule is C=CCCn1c(=O)c(C2=NS(=O)(=O)c3ccccc3N2)cc2sc(O)cc21. The van der Waals surface area contributed by atoms with Crippen molar-refractivity contribution in [3.05, 3.63) is 65.0 Å². The van der Waals surface area contributed by atoms with Gasteiger partial charge in [0.25, 0.3) is 15.6 Å². The van der Waals surface area contributed by atoms with Crippen molar-refractivity contribution >= 4 is 43.1 Å². The van der Waals surface area contributed by atoms with E-state index in [0.717, 1.165) is 11.3 Å². The highest BCUT2D eigenvalue weighted by Crippen LogP contribution is 2.32. The summed E-state index contributed by atoms with van der Waals surface area (Å²) in [5.41, 5.74) is 0.705. The van der Waals surface area contributed by atoms with Crippen LogP contribution in [0.15, 0.2) is 63.1 Å². The number of thiophene rings is 1. The molecule has 3 aromatic rings. The third-order valence-corrected chi connectivity index (χ3v) is 6.42. The van der Waals surface area contributed by atoms with E-state index in [4.69, 9.17) is 0 Å². The van der Waals surface area contributed by atoms with Crippen LogP contribution in [0.5, 0.6) is 5.06 Å². The van der Waals surface area contributed by atoms with Crippen LogP contribution in [0.2, 0.25) is 0 Å². The maximum atomic E-state index is 13.1. The van der Waals surface area contributed by atoms with Gasteiger partial charge in [-0.25, -0.2) is 0 Å². The highest BCUT2D eigenvalue weighted by atomic mass is 32.2. The van der Waals surface area contributed by atoms with E-state index in [1.165, 1.54) is 16.7 Å². The van der Waals surface area contributed by atoms with E-state index in [1.807, 2.05) is 0 Å². The number of para-hydroxylation sites is 1. The molecule has 7 nitrogen and oxygen atoms in total. The molecule has 138 valence electrons. The van der Waals surface area contributed by atoms with Gasteiger partial charge in [-0.05, 0) is 24.6 Å². The average molecular weight is 401 g/mol. The Morgan fingerprint density at radius 3 is 2.85 bits per heavy atom. The van der Waals surface area contributed by atoms with Gasteiger partial charge in [0.2, 0.25) is 0 Å². The predicted octanol–water partition coefficient (Wildman–Crippen LogP) is 2.91. The van der Waals surface area contributed by atoms with Crippen LogP contribution in [0, 0.1) is 0 Å². The zero-order valence-electron chi connectivity index (χ0n) is 14.0. The second-order valence-electron chi connectivity index (χ2n) is 5.96. The highest BCUT2D eigenvalue weighted by molar-refractivity contribution is 7.90. The lowest BCUT2D eigenvalue weighted by Crippen LogP contribution is -2.32. The number of aromatic hydroxyl groups is 1. The zero-order chi connectivity index (χ0) is 19.2. The standard InChI is InChI=1S/C18H15N3O4S2/c1-2-3-8-21-13-10-16(22)26-14(13)9-11(18(21)23)17-19-12-6-4-5-7-15(12)27(24,25)20-17/h2,4-7,9-10,22H,1,3,8H2,(H,19,20). The van der Waals surface area contributed by atoms with Crippen LogP contribution in [-0.4, -0.2) is 23.9 Å². The Balaban J connectivity index is 1.95. The summed E-state index contributed by atoms with van der Waals surface area (Å²) in [4.78, 5) is 13.1. The molecule has 0 aliphatic carbocycles. The van der Waals surface area contributed by atoms with Crippen molar-refractivity contribution in [3.63, 3.8) is 0 Å². The van der Waals surface area contributed by atoms with Gasteiger partial charge >= 0.3 is 0 Å². The molecule has 9 heteroatoms. The molecule has 2 aromatic heterocycles. The van der Waals surface area contributed by atoms with E-state index in [-0.39, 0.29) is 26.9 Å². The van der Waals surface area contributed by atoms with Gasteiger partial charge in [0.15, 0.2) is 10.9 Å². The Labute approximate surface area is 159 Å². The van der Waals surface area contributed by atoms with Crippen LogP contribution in [0.4, 0.5) is 5.69 Å². The number of aryl methyl sites for hydroxylation is 1. The van der Waals surface area contributed by atoms with Gasteiger partial charge in [-0.2, -0.15) is 8.42 Å². The molecule has 2 N–H and O–H groups in total. The van der Waals surface area contributed by atoms with E-state index in [0.29, 0.717) is 28.9 Å². The molecule has 0 saturated carbocycles. The van der Waals surface area contributed by atoms with Gasteiger partial charge < -0.3 is 15.0 Å². The third-order valence-electron chi connectivity index (χ3n) is 4.21. The Kier molecular flexibility index (Phi) is 4.12. The fourth-order valence-electron chi connectivity index (χ4n) is 2.99. The lowest BCUT2D eigenvalue weighted by atomic mass is 10.2. The maximum Gasteiger partial charge on any atom is 0.286 e. The summed E-state index contributed by atoms with van der Waals surface area (Å²) in [6.07, 6.45) is 2.24. The summed E-state index contributed by atoms with van der Waals surface area (Å²) in [5.74, 6) is -0.0270. The smallest absolute Gasteiger partial charge is 0.286 e. The first-order valence-electron chi connectivity index (χ1n) is 8.09. The molecule has 0 saturated heterocycles. The monoisotopic (exact) mass is 401 g/mol. The molecule has 4 rings (SSSR count).